The zero-order valence-electron chi connectivity index (χ0n) is 12.5. The SMILES string of the molecule is CCOP(=O)(OCC)C1CC(C(C)C)CCC1C. The van der Waals surface area contributed by atoms with Crippen molar-refractivity contribution in [2.75, 3.05) is 13.2 Å². The summed E-state index contributed by atoms with van der Waals surface area (Å²) in [5.41, 5.74) is 0.0820. The van der Waals surface area contributed by atoms with Crippen LogP contribution in [0, 0.1) is 17.8 Å². The summed E-state index contributed by atoms with van der Waals surface area (Å²) in [4.78, 5) is 0. The Balaban J connectivity index is 2.83. The molecule has 1 fully saturated rings. The third-order valence-corrected chi connectivity index (χ3v) is 6.93. The number of hydrogen-bond acceptors (Lipinski definition) is 3. The standard InChI is InChI=1S/C14H29O3P/c1-6-16-18(15,17-7-2)14-10-13(11(3)4)9-8-12(14)5/h11-14H,6-10H2,1-5H3. The maximum Gasteiger partial charge on any atom is 0.333 e. The predicted octanol–water partition coefficient (Wildman–Crippen LogP) is 4.71. The number of hydrogen-bond donors (Lipinski definition) is 0. The van der Waals surface area contributed by atoms with Crippen molar-refractivity contribution < 1.29 is 13.6 Å². The van der Waals surface area contributed by atoms with Crippen LogP contribution in [0.15, 0.2) is 0 Å². The first kappa shape index (κ1) is 16.2. The lowest BCUT2D eigenvalue weighted by Crippen LogP contribution is -2.31. The molecule has 0 aliphatic heterocycles. The molecule has 0 aromatic heterocycles. The van der Waals surface area contributed by atoms with E-state index in [-0.39, 0.29) is 5.66 Å². The second-order valence-electron chi connectivity index (χ2n) is 5.74. The molecule has 4 heteroatoms. The van der Waals surface area contributed by atoms with Crippen LogP contribution in [-0.2, 0) is 13.6 Å². The van der Waals surface area contributed by atoms with Crippen LogP contribution in [0.4, 0.5) is 0 Å². The van der Waals surface area contributed by atoms with Crippen molar-refractivity contribution >= 4 is 7.60 Å². The second-order valence-corrected chi connectivity index (χ2v) is 8.00. The first-order valence-corrected chi connectivity index (χ1v) is 8.94. The molecule has 0 saturated heterocycles. The molecule has 0 radical (unpaired) electrons. The largest absolute Gasteiger partial charge is 0.333 e. The molecular weight excluding hydrogens is 247 g/mol. The average Bonchev–Trinajstić information content (AvgIpc) is 2.29. The molecular formula is C14H29O3P. The van der Waals surface area contributed by atoms with E-state index in [1.807, 2.05) is 13.8 Å². The normalized spacial score (nSPS) is 29.8. The van der Waals surface area contributed by atoms with E-state index in [1.54, 1.807) is 0 Å². The van der Waals surface area contributed by atoms with E-state index in [0.29, 0.717) is 31.0 Å². The molecule has 1 aliphatic carbocycles. The van der Waals surface area contributed by atoms with Gasteiger partial charge in [0.2, 0.25) is 0 Å². The van der Waals surface area contributed by atoms with Gasteiger partial charge in [0.1, 0.15) is 0 Å². The van der Waals surface area contributed by atoms with E-state index in [0.717, 1.165) is 12.8 Å². The predicted molar refractivity (Wildman–Crippen MR) is 76.0 cm³/mol. The molecule has 3 nitrogen and oxygen atoms in total. The Morgan fingerprint density at radius 2 is 1.72 bits per heavy atom. The van der Waals surface area contributed by atoms with E-state index >= 15 is 0 Å². The van der Waals surface area contributed by atoms with Gasteiger partial charge in [0, 0.05) is 0 Å². The van der Waals surface area contributed by atoms with Gasteiger partial charge in [-0.1, -0.05) is 20.8 Å². The van der Waals surface area contributed by atoms with Gasteiger partial charge in [-0.2, -0.15) is 0 Å². The average molecular weight is 276 g/mol. The Morgan fingerprint density at radius 1 is 1.17 bits per heavy atom. The van der Waals surface area contributed by atoms with Crippen molar-refractivity contribution in [1.82, 2.24) is 0 Å². The first-order valence-electron chi connectivity index (χ1n) is 7.33. The van der Waals surface area contributed by atoms with E-state index < -0.39 is 7.60 Å². The fourth-order valence-electron chi connectivity index (χ4n) is 2.96. The van der Waals surface area contributed by atoms with Gasteiger partial charge < -0.3 is 9.05 Å². The monoisotopic (exact) mass is 276 g/mol. The molecule has 1 saturated carbocycles. The van der Waals surface area contributed by atoms with Crippen LogP contribution in [0.1, 0.15) is 53.9 Å². The van der Waals surface area contributed by atoms with E-state index in [4.69, 9.17) is 9.05 Å². The molecule has 0 bridgehead atoms. The smallest absolute Gasteiger partial charge is 0.309 e. The van der Waals surface area contributed by atoms with Crippen molar-refractivity contribution in [2.45, 2.75) is 59.5 Å². The topological polar surface area (TPSA) is 35.5 Å². The maximum atomic E-state index is 12.9. The van der Waals surface area contributed by atoms with Gasteiger partial charge in [0.15, 0.2) is 0 Å². The van der Waals surface area contributed by atoms with Crippen LogP contribution >= 0.6 is 7.60 Å². The van der Waals surface area contributed by atoms with Gasteiger partial charge in [-0.25, -0.2) is 0 Å². The Hall–Kier alpha value is 0.150. The summed E-state index contributed by atoms with van der Waals surface area (Å²) in [6, 6.07) is 0. The second kappa shape index (κ2) is 7.07. The first-order chi connectivity index (χ1) is 8.44. The van der Waals surface area contributed by atoms with E-state index in [9.17, 15) is 4.57 Å². The zero-order valence-corrected chi connectivity index (χ0v) is 13.4. The molecule has 0 amide bonds. The highest BCUT2D eigenvalue weighted by atomic mass is 31.2. The summed E-state index contributed by atoms with van der Waals surface area (Å²) in [5, 5.41) is 0. The van der Waals surface area contributed by atoms with E-state index in [1.165, 1.54) is 6.42 Å². The summed E-state index contributed by atoms with van der Waals surface area (Å²) in [6.45, 7) is 11.4. The summed E-state index contributed by atoms with van der Waals surface area (Å²) >= 11 is 0. The Kier molecular flexibility index (Phi) is 6.37. The Morgan fingerprint density at radius 3 is 2.17 bits per heavy atom. The summed E-state index contributed by atoms with van der Waals surface area (Å²) in [6.07, 6.45) is 3.36. The fraction of sp³-hybridized carbons (Fsp3) is 1.00. The van der Waals surface area contributed by atoms with Crippen molar-refractivity contribution in [3.63, 3.8) is 0 Å². The molecule has 18 heavy (non-hydrogen) atoms. The molecule has 0 heterocycles. The van der Waals surface area contributed by atoms with Crippen LogP contribution in [-0.4, -0.2) is 18.9 Å². The molecule has 0 spiro atoms. The maximum absolute atomic E-state index is 12.9. The summed E-state index contributed by atoms with van der Waals surface area (Å²) < 4.78 is 24.0. The highest BCUT2D eigenvalue weighted by molar-refractivity contribution is 7.54. The van der Waals surface area contributed by atoms with Gasteiger partial charge in [-0.05, 0) is 50.9 Å². The molecule has 3 atom stereocenters. The quantitative estimate of drug-likeness (QED) is 0.659. The van der Waals surface area contributed by atoms with Crippen LogP contribution in [0.25, 0.3) is 0 Å². The summed E-state index contributed by atoms with van der Waals surface area (Å²) in [7, 11) is -2.93. The molecule has 1 rings (SSSR count). The third-order valence-electron chi connectivity index (χ3n) is 4.16. The van der Waals surface area contributed by atoms with Gasteiger partial charge in [0.25, 0.3) is 0 Å². The molecule has 0 aromatic carbocycles. The molecule has 3 unspecified atom stereocenters. The van der Waals surface area contributed by atoms with Crippen LogP contribution in [0.5, 0.6) is 0 Å². The van der Waals surface area contributed by atoms with Gasteiger partial charge >= 0.3 is 7.60 Å². The molecule has 108 valence electrons. The highest BCUT2D eigenvalue weighted by Crippen LogP contribution is 2.60. The van der Waals surface area contributed by atoms with E-state index in [2.05, 4.69) is 20.8 Å². The molecule has 1 aliphatic rings. The van der Waals surface area contributed by atoms with Crippen molar-refractivity contribution in [3.8, 4) is 0 Å². The molecule has 0 N–H and O–H groups in total. The van der Waals surface area contributed by atoms with Gasteiger partial charge in [-0.15, -0.1) is 0 Å². The van der Waals surface area contributed by atoms with Crippen molar-refractivity contribution in [3.05, 3.63) is 0 Å². The van der Waals surface area contributed by atoms with Gasteiger partial charge in [-0.3, -0.25) is 4.57 Å². The number of rotatable bonds is 6. The Labute approximate surface area is 112 Å². The molecule has 0 aromatic rings. The lowest BCUT2D eigenvalue weighted by Gasteiger charge is -2.39. The minimum absolute atomic E-state index is 0.0820. The van der Waals surface area contributed by atoms with Crippen LogP contribution in [0.3, 0.4) is 0 Å². The highest BCUT2D eigenvalue weighted by Gasteiger charge is 2.43. The van der Waals surface area contributed by atoms with Crippen LogP contribution in [0.2, 0.25) is 0 Å². The lowest BCUT2D eigenvalue weighted by molar-refractivity contribution is 0.170. The van der Waals surface area contributed by atoms with Crippen LogP contribution < -0.4 is 0 Å². The fourth-order valence-corrected chi connectivity index (χ4v) is 5.44. The third kappa shape index (κ3) is 3.82. The Bertz CT molecular complexity index is 281. The zero-order chi connectivity index (χ0) is 13.8. The minimum atomic E-state index is -2.93. The lowest BCUT2D eigenvalue weighted by atomic mass is 9.77. The van der Waals surface area contributed by atoms with Gasteiger partial charge in [0.05, 0.1) is 18.9 Å². The van der Waals surface area contributed by atoms with Crippen molar-refractivity contribution in [1.29, 1.82) is 0 Å². The van der Waals surface area contributed by atoms with Crippen molar-refractivity contribution in [2.24, 2.45) is 17.8 Å². The minimum Gasteiger partial charge on any atom is -0.309 e. The summed E-state index contributed by atoms with van der Waals surface area (Å²) in [5.74, 6) is 1.74.